The zero-order valence-corrected chi connectivity index (χ0v) is 12.3. The van der Waals surface area contributed by atoms with Crippen LogP contribution in [0.2, 0.25) is 0 Å². The zero-order chi connectivity index (χ0) is 14.8. The van der Waals surface area contributed by atoms with Gasteiger partial charge in [0.1, 0.15) is 5.76 Å². The van der Waals surface area contributed by atoms with Gasteiger partial charge in [0, 0.05) is 31.4 Å². The Bertz CT molecular complexity index is 601. The Balaban J connectivity index is 1.65. The van der Waals surface area contributed by atoms with Crippen LogP contribution in [0.5, 0.6) is 0 Å². The molecule has 21 heavy (non-hydrogen) atoms. The maximum absolute atomic E-state index is 12.5. The van der Waals surface area contributed by atoms with E-state index in [1.807, 2.05) is 37.2 Å². The van der Waals surface area contributed by atoms with E-state index in [0.717, 1.165) is 24.2 Å². The number of rotatable bonds is 5. The molecule has 0 saturated heterocycles. The van der Waals surface area contributed by atoms with Crippen molar-refractivity contribution >= 4 is 6.03 Å². The van der Waals surface area contributed by atoms with Crippen LogP contribution in [-0.2, 0) is 13.6 Å². The van der Waals surface area contributed by atoms with Crippen molar-refractivity contribution in [1.29, 1.82) is 0 Å². The van der Waals surface area contributed by atoms with Gasteiger partial charge in [-0.05, 0) is 31.9 Å². The SMILES string of the molecule is CC(c1ccco1)N(C(=O)NCc1cnn(C)c1)C1CC1. The van der Waals surface area contributed by atoms with Crippen LogP contribution >= 0.6 is 0 Å². The van der Waals surface area contributed by atoms with Gasteiger partial charge in [0.2, 0.25) is 0 Å². The minimum Gasteiger partial charge on any atom is -0.467 e. The van der Waals surface area contributed by atoms with Crippen LogP contribution in [-0.4, -0.2) is 26.8 Å². The number of hydrogen-bond acceptors (Lipinski definition) is 3. The van der Waals surface area contributed by atoms with Crippen molar-refractivity contribution in [3.8, 4) is 0 Å². The average molecular weight is 288 g/mol. The fourth-order valence-electron chi connectivity index (χ4n) is 2.51. The van der Waals surface area contributed by atoms with E-state index in [9.17, 15) is 4.79 Å². The lowest BCUT2D eigenvalue weighted by Crippen LogP contribution is -2.42. The van der Waals surface area contributed by atoms with E-state index >= 15 is 0 Å². The van der Waals surface area contributed by atoms with Crippen molar-refractivity contribution in [3.63, 3.8) is 0 Å². The van der Waals surface area contributed by atoms with Gasteiger partial charge < -0.3 is 14.6 Å². The standard InChI is InChI=1S/C15H20N4O2/c1-11(14-4-3-7-21-14)19(13-5-6-13)15(20)16-8-12-9-17-18(2)10-12/h3-4,7,9-11,13H,5-6,8H2,1-2H3,(H,16,20). The van der Waals surface area contributed by atoms with Gasteiger partial charge in [-0.15, -0.1) is 0 Å². The molecule has 112 valence electrons. The summed E-state index contributed by atoms with van der Waals surface area (Å²) in [6, 6.07) is 3.98. The van der Waals surface area contributed by atoms with Crippen LogP contribution < -0.4 is 5.32 Å². The Hall–Kier alpha value is -2.24. The van der Waals surface area contributed by atoms with E-state index in [4.69, 9.17) is 4.42 Å². The number of amides is 2. The van der Waals surface area contributed by atoms with Gasteiger partial charge in [0.25, 0.3) is 0 Å². The number of carbonyl (C=O) groups is 1. The van der Waals surface area contributed by atoms with Gasteiger partial charge in [-0.2, -0.15) is 5.10 Å². The van der Waals surface area contributed by atoms with Gasteiger partial charge >= 0.3 is 6.03 Å². The summed E-state index contributed by atoms with van der Waals surface area (Å²) >= 11 is 0. The zero-order valence-electron chi connectivity index (χ0n) is 12.3. The van der Waals surface area contributed by atoms with E-state index in [-0.39, 0.29) is 12.1 Å². The predicted octanol–water partition coefficient (Wildman–Crippen LogP) is 2.45. The third kappa shape index (κ3) is 3.09. The molecule has 2 aromatic heterocycles. The summed E-state index contributed by atoms with van der Waals surface area (Å²) in [5.41, 5.74) is 0.993. The molecule has 1 unspecified atom stereocenters. The first-order valence-electron chi connectivity index (χ1n) is 7.22. The van der Waals surface area contributed by atoms with Gasteiger partial charge in [-0.3, -0.25) is 4.68 Å². The van der Waals surface area contributed by atoms with Crippen LogP contribution in [0.25, 0.3) is 0 Å². The molecule has 1 atom stereocenters. The summed E-state index contributed by atoms with van der Waals surface area (Å²) in [7, 11) is 1.86. The second kappa shape index (κ2) is 5.63. The number of hydrogen-bond donors (Lipinski definition) is 1. The highest BCUT2D eigenvalue weighted by Crippen LogP contribution is 2.34. The van der Waals surface area contributed by atoms with E-state index < -0.39 is 0 Å². The highest BCUT2D eigenvalue weighted by molar-refractivity contribution is 5.75. The Morgan fingerprint density at radius 2 is 2.43 bits per heavy atom. The second-order valence-corrected chi connectivity index (χ2v) is 5.51. The fourth-order valence-corrected chi connectivity index (χ4v) is 2.51. The van der Waals surface area contributed by atoms with E-state index in [0.29, 0.717) is 12.6 Å². The number of aromatic nitrogens is 2. The molecule has 6 nitrogen and oxygen atoms in total. The molecule has 1 aliphatic rings. The Morgan fingerprint density at radius 3 is 3.00 bits per heavy atom. The number of carbonyl (C=O) groups excluding carboxylic acids is 1. The molecule has 1 N–H and O–H groups in total. The van der Waals surface area contributed by atoms with E-state index in [2.05, 4.69) is 10.4 Å². The molecule has 0 bridgehead atoms. The molecule has 1 saturated carbocycles. The van der Waals surface area contributed by atoms with Crippen molar-refractivity contribution in [1.82, 2.24) is 20.0 Å². The largest absolute Gasteiger partial charge is 0.467 e. The summed E-state index contributed by atoms with van der Waals surface area (Å²) < 4.78 is 7.16. The number of nitrogens with zero attached hydrogens (tertiary/aromatic N) is 3. The lowest BCUT2D eigenvalue weighted by molar-refractivity contribution is 0.166. The predicted molar refractivity (Wildman–Crippen MR) is 77.4 cm³/mol. The van der Waals surface area contributed by atoms with Crippen molar-refractivity contribution < 1.29 is 9.21 Å². The molecule has 6 heteroatoms. The van der Waals surface area contributed by atoms with Gasteiger partial charge in [-0.1, -0.05) is 0 Å². The van der Waals surface area contributed by atoms with Gasteiger partial charge in [0.15, 0.2) is 0 Å². The molecule has 2 amide bonds. The van der Waals surface area contributed by atoms with E-state index in [1.165, 1.54) is 0 Å². The van der Waals surface area contributed by atoms with E-state index in [1.54, 1.807) is 17.1 Å². The second-order valence-electron chi connectivity index (χ2n) is 5.51. The summed E-state index contributed by atoms with van der Waals surface area (Å²) in [4.78, 5) is 14.4. The molecule has 2 aromatic rings. The molecule has 0 aliphatic heterocycles. The molecule has 0 aromatic carbocycles. The maximum Gasteiger partial charge on any atom is 0.318 e. The molecule has 0 spiro atoms. The Kier molecular flexibility index (Phi) is 3.68. The van der Waals surface area contributed by atoms with Crippen molar-refractivity contribution in [2.24, 2.45) is 7.05 Å². The topological polar surface area (TPSA) is 63.3 Å². The highest BCUT2D eigenvalue weighted by Gasteiger charge is 2.37. The Labute approximate surface area is 123 Å². The van der Waals surface area contributed by atoms with Crippen molar-refractivity contribution in [2.75, 3.05) is 0 Å². The van der Waals surface area contributed by atoms with Crippen molar-refractivity contribution in [2.45, 2.75) is 38.4 Å². The van der Waals surface area contributed by atoms with Crippen LogP contribution in [0.15, 0.2) is 35.2 Å². The maximum atomic E-state index is 12.5. The van der Waals surface area contributed by atoms with Crippen LogP contribution in [0.1, 0.15) is 37.1 Å². The molecule has 0 radical (unpaired) electrons. The lowest BCUT2D eigenvalue weighted by Gasteiger charge is -2.28. The van der Waals surface area contributed by atoms with Gasteiger partial charge in [-0.25, -0.2) is 4.79 Å². The van der Waals surface area contributed by atoms with Crippen LogP contribution in [0, 0.1) is 0 Å². The summed E-state index contributed by atoms with van der Waals surface area (Å²) in [5.74, 6) is 0.818. The summed E-state index contributed by atoms with van der Waals surface area (Å²) in [6.07, 6.45) is 7.43. The number of urea groups is 1. The van der Waals surface area contributed by atoms with Crippen LogP contribution in [0.3, 0.4) is 0 Å². The fraction of sp³-hybridized carbons (Fsp3) is 0.467. The quantitative estimate of drug-likeness (QED) is 0.919. The van der Waals surface area contributed by atoms with Crippen molar-refractivity contribution in [3.05, 3.63) is 42.1 Å². The third-order valence-electron chi connectivity index (χ3n) is 3.75. The molecular formula is C15H20N4O2. The molecule has 2 heterocycles. The number of furan rings is 1. The summed E-state index contributed by atoms with van der Waals surface area (Å²) in [6.45, 7) is 2.49. The van der Waals surface area contributed by atoms with Crippen LogP contribution in [0.4, 0.5) is 4.79 Å². The minimum atomic E-state index is -0.0543. The molecule has 3 rings (SSSR count). The normalized spacial score (nSPS) is 15.7. The molecule has 1 fully saturated rings. The number of nitrogens with one attached hydrogen (secondary N) is 1. The first kappa shape index (κ1) is 13.7. The first-order chi connectivity index (χ1) is 10.1. The molecule has 1 aliphatic carbocycles. The lowest BCUT2D eigenvalue weighted by atomic mass is 10.2. The third-order valence-corrected chi connectivity index (χ3v) is 3.75. The monoisotopic (exact) mass is 288 g/mol. The minimum absolute atomic E-state index is 0.0507. The number of aryl methyl sites for hydroxylation is 1. The van der Waals surface area contributed by atoms with Gasteiger partial charge in [0.05, 0.1) is 18.5 Å². The molecular weight excluding hydrogens is 268 g/mol. The smallest absolute Gasteiger partial charge is 0.318 e. The highest BCUT2D eigenvalue weighted by atomic mass is 16.3. The summed E-state index contributed by atoms with van der Waals surface area (Å²) in [5, 5.41) is 7.07. The Morgan fingerprint density at radius 1 is 1.62 bits per heavy atom. The average Bonchev–Trinajstić information content (AvgIpc) is 2.99. The first-order valence-corrected chi connectivity index (χ1v) is 7.22.